The molecule has 1 saturated heterocycles. The van der Waals surface area contributed by atoms with E-state index in [-0.39, 0.29) is 10.8 Å². The molecule has 0 spiro atoms. The minimum Gasteiger partial charge on any atom is -0.339 e. The van der Waals surface area contributed by atoms with Crippen LogP contribution in [0.4, 0.5) is 5.69 Å². The largest absolute Gasteiger partial charge is 0.339 e. The normalized spacial score (nSPS) is 14.9. The van der Waals surface area contributed by atoms with Crippen LogP contribution in [0.15, 0.2) is 53.4 Å². The Morgan fingerprint density at radius 3 is 2.35 bits per heavy atom. The summed E-state index contributed by atoms with van der Waals surface area (Å²) in [6.07, 6.45) is 3.17. The third-order valence-corrected chi connectivity index (χ3v) is 6.62. The lowest BCUT2D eigenvalue weighted by Crippen LogP contribution is -2.35. The highest BCUT2D eigenvalue weighted by molar-refractivity contribution is 7.92. The first-order valence-corrected chi connectivity index (χ1v) is 10.4. The highest BCUT2D eigenvalue weighted by Crippen LogP contribution is 2.25. The number of rotatable bonds is 4. The number of anilines is 1. The summed E-state index contributed by atoms with van der Waals surface area (Å²) >= 11 is 5.84. The van der Waals surface area contributed by atoms with Crippen LogP contribution in [-0.4, -0.2) is 39.4 Å². The molecular weight excluding hydrogens is 372 g/mol. The number of halogens is 1. The molecule has 1 fully saturated rings. The number of piperidine rings is 1. The van der Waals surface area contributed by atoms with Crippen molar-refractivity contribution in [3.8, 4) is 0 Å². The van der Waals surface area contributed by atoms with Crippen molar-refractivity contribution in [2.75, 3.05) is 24.4 Å². The molecule has 1 aliphatic rings. The van der Waals surface area contributed by atoms with Crippen LogP contribution in [0.3, 0.4) is 0 Å². The van der Waals surface area contributed by atoms with E-state index in [1.165, 1.54) is 23.5 Å². The van der Waals surface area contributed by atoms with E-state index in [0.29, 0.717) is 16.3 Å². The third kappa shape index (κ3) is 3.86. The fourth-order valence-electron chi connectivity index (χ4n) is 3.02. The van der Waals surface area contributed by atoms with Gasteiger partial charge in [0.15, 0.2) is 0 Å². The van der Waals surface area contributed by atoms with E-state index in [1.807, 2.05) is 4.90 Å². The average molecular weight is 393 g/mol. The van der Waals surface area contributed by atoms with Crippen LogP contribution in [0.2, 0.25) is 5.02 Å². The Kier molecular flexibility index (Phi) is 5.53. The zero-order valence-corrected chi connectivity index (χ0v) is 16.1. The van der Waals surface area contributed by atoms with Crippen LogP contribution >= 0.6 is 11.6 Å². The molecule has 0 aromatic heterocycles. The SMILES string of the molecule is CN(c1cccc(C(=O)N2CCCCC2)c1)S(=O)(=O)c1ccc(Cl)cc1. The zero-order chi connectivity index (χ0) is 18.7. The van der Waals surface area contributed by atoms with Gasteiger partial charge in [0.1, 0.15) is 0 Å². The molecule has 0 atom stereocenters. The van der Waals surface area contributed by atoms with E-state index in [9.17, 15) is 13.2 Å². The second kappa shape index (κ2) is 7.68. The summed E-state index contributed by atoms with van der Waals surface area (Å²) in [5.74, 6) is -0.0520. The molecule has 3 rings (SSSR count). The Morgan fingerprint density at radius 2 is 1.69 bits per heavy atom. The molecule has 26 heavy (non-hydrogen) atoms. The number of amides is 1. The van der Waals surface area contributed by atoms with Crippen LogP contribution in [0, 0.1) is 0 Å². The van der Waals surface area contributed by atoms with Crippen molar-refractivity contribution in [3.63, 3.8) is 0 Å². The first kappa shape index (κ1) is 18.7. The predicted molar refractivity (Wildman–Crippen MR) is 103 cm³/mol. The number of nitrogens with zero attached hydrogens (tertiary/aromatic N) is 2. The van der Waals surface area contributed by atoms with Gasteiger partial charge in [-0.2, -0.15) is 0 Å². The lowest BCUT2D eigenvalue weighted by molar-refractivity contribution is 0.0724. The Hall–Kier alpha value is -2.05. The van der Waals surface area contributed by atoms with Crippen molar-refractivity contribution < 1.29 is 13.2 Å². The predicted octanol–water partition coefficient (Wildman–Crippen LogP) is 3.79. The maximum Gasteiger partial charge on any atom is 0.264 e. The summed E-state index contributed by atoms with van der Waals surface area (Å²) in [6, 6.07) is 12.8. The first-order chi connectivity index (χ1) is 12.4. The van der Waals surface area contributed by atoms with Crippen molar-refractivity contribution in [3.05, 3.63) is 59.1 Å². The molecular formula is C19H21ClN2O3S. The zero-order valence-electron chi connectivity index (χ0n) is 14.6. The molecule has 0 radical (unpaired) electrons. The molecule has 0 saturated carbocycles. The van der Waals surface area contributed by atoms with Gasteiger partial charge < -0.3 is 4.90 Å². The molecule has 0 bridgehead atoms. The van der Waals surface area contributed by atoms with Gasteiger partial charge in [0.2, 0.25) is 0 Å². The van der Waals surface area contributed by atoms with Crippen molar-refractivity contribution >= 4 is 33.2 Å². The summed E-state index contributed by atoms with van der Waals surface area (Å²) in [4.78, 5) is 14.7. The van der Waals surface area contributed by atoms with Crippen molar-refractivity contribution in [2.24, 2.45) is 0 Å². The average Bonchev–Trinajstić information content (AvgIpc) is 2.68. The van der Waals surface area contributed by atoms with E-state index < -0.39 is 10.0 Å². The number of carbonyl (C=O) groups excluding carboxylic acids is 1. The van der Waals surface area contributed by atoms with Crippen LogP contribution in [-0.2, 0) is 10.0 Å². The highest BCUT2D eigenvalue weighted by atomic mass is 35.5. The molecule has 2 aromatic carbocycles. The lowest BCUT2D eigenvalue weighted by atomic mass is 10.1. The van der Waals surface area contributed by atoms with Gasteiger partial charge in [-0.1, -0.05) is 17.7 Å². The Morgan fingerprint density at radius 1 is 1.04 bits per heavy atom. The summed E-state index contributed by atoms with van der Waals surface area (Å²) < 4.78 is 26.8. The monoisotopic (exact) mass is 392 g/mol. The molecule has 2 aromatic rings. The topological polar surface area (TPSA) is 57.7 Å². The van der Waals surface area contributed by atoms with E-state index in [2.05, 4.69) is 0 Å². The minimum atomic E-state index is -3.73. The Labute approximate surface area is 159 Å². The number of hydrogen-bond acceptors (Lipinski definition) is 3. The van der Waals surface area contributed by atoms with Crippen molar-refractivity contribution in [1.29, 1.82) is 0 Å². The highest BCUT2D eigenvalue weighted by Gasteiger charge is 2.23. The number of benzene rings is 2. The van der Waals surface area contributed by atoms with Gasteiger partial charge in [-0.25, -0.2) is 8.42 Å². The molecule has 1 aliphatic heterocycles. The number of sulfonamides is 1. The molecule has 0 N–H and O–H groups in total. The minimum absolute atomic E-state index is 0.0520. The molecule has 1 amide bonds. The van der Waals surface area contributed by atoms with Crippen LogP contribution in [0.25, 0.3) is 0 Å². The fourth-order valence-corrected chi connectivity index (χ4v) is 4.33. The van der Waals surface area contributed by atoms with Crippen LogP contribution < -0.4 is 4.31 Å². The van der Waals surface area contributed by atoms with Gasteiger partial charge >= 0.3 is 0 Å². The summed E-state index contributed by atoms with van der Waals surface area (Å²) in [5.41, 5.74) is 0.949. The molecule has 5 nitrogen and oxygen atoms in total. The first-order valence-electron chi connectivity index (χ1n) is 8.53. The molecule has 0 aliphatic carbocycles. The number of hydrogen-bond donors (Lipinski definition) is 0. The molecule has 138 valence electrons. The quantitative estimate of drug-likeness (QED) is 0.795. The van der Waals surface area contributed by atoms with E-state index >= 15 is 0 Å². The molecule has 1 heterocycles. The maximum absolute atomic E-state index is 12.8. The van der Waals surface area contributed by atoms with Crippen molar-refractivity contribution in [2.45, 2.75) is 24.2 Å². The Balaban J connectivity index is 1.87. The number of likely N-dealkylation sites (tertiary alicyclic amines) is 1. The number of carbonyl (C=O) groups is 1. The van der Waals surface area contributed by atoms with Crippen LogP contribution in [0.1, 0.15) is 29.6 Å². The van der Waals surface area contributed by atoms with E-state index in [0.717, 1.165) is 32.4 Å². The smallest absolute Gasteiger partial charge is 0.264 e. The van der Waals surface area contributed by atoms with Crippen molar-refractivity contribution in [1.82, 2.24) is 4.90 Å². The second-order valence-corrected chi connectivity index (χ2v) is 8.74. The van der Waals surface area contributed by atoms with E-state index in [1.54, 1.807) is 36.4 Å². The second-order valence-electron chi connectivity index (χ2n) is 6.33. The van der Waals surface area contributed by atoms with Gasteiger partial charge in [0.05, 0.1) is 10.6 Å². The summed E-state index contributed by atoms with van der Waals surface area (Å²) in [6.45, 7) is 1.50. The third-order valence-electron chi connectivity index (χ3n) is 4.57. The Bertz CT molecular complexity index is 891. The van der Waals surface area contributed by atoms with Crippen LogP contribution in [0.5, 0.6) is 0 Å². The summed E-state index contributed by atoms with van der Waals surface area (Å²) in [5, 5.41) is 0.473. The van der Waals surface area contributed by atoms with Gasteiger partial charge in [0.25, 0.3) is 15.9 Å². The fraction of sp³-hybridized carbons (Fsp3) is 0.316. The molecule has 0 unspecified atom stereocenters. The van der Waals surface area contributed by atoms with Gasteiger partial charge in [-0.05, 0) is 61.7 Å². The molecule has 7 heteroatoms. The lowest BCUT2D eigenvalue weighted by Gasteiger charge is -2.27. The summed E-state index contributed by atoms with van der Waals surface area (Å²) in [7, 11) is -2.25. The van der Waals surface area contributed by atoms with Gasteiger partial charge in [-0.3, -0.25) is 9.10 Å². The standard InChI is InChI=1S/C19H21ClN2O3S/c1-21(26(24,25)18-10-8-16(20)9-11-18)17-7-5-6-15(14-17)19(23)22-12-3-2-4-13-22/h5-11,14H,2-4,12-13H2,1H3. The van der Waals surface area contributed by atoms with Gasteiger partial charge in [-0.15, -0.1) is 0 Å². The van der Waals surface area contributed by atoms with Gasteiger partial charge in [0, 0.05) is 30.7 Å². The maximum atomic E-state index is 12.8. The van der Waals surface area contributed by atoms with E-state index in [4.69, 9.17) is 11.6 Å².